The van der Waals surface area contributed by atoms with E-state index in [1.165, 1.54) is 35.1 Å². The molecule has 0 radical (unpaired) electrons. The summed E-state index contributed by atoms with van der Waals surface area (Å²) in [6, 6.07) is 15.4. The number of thioether (sulfide) groups is 1. The monoisotopic (exact) mass is 440 g/mol. The van der Waals surface area contributed by atoms with E-state index in [4.69, 9.17) is 0 Å². The molecule has 7 heteroatoms. The molecule has 0 atom stereocenters. The third-order valence-corrected chi connectivity index (χ3v) is 6.37. The second-order valence-electron chi connectivity index (χ2n) is 7.75. The number of benzene rings is 2. The number of para-hydroxylation sites is 1. The number of anilines is 2. The maximum Gasteiger partial charge on any atom is 0.322 e. The first-order chi connectivity index (χ1) is 15.0. The van der Waals surface area contributed by atoms with Crippen LogP contribution in [0.4, 0.5) is 16.2 Å². The van der Waals surface area contributed by atoms with Crippen LogP contribution in [0.3, 0.4) is 0 Å². The van der Waals surface area contributed by atoms with Crippen LogP contribution in [0.15, 0.2) is 48.5 Å². The van der Waals surface area contributed by atoms with Gasteiger partial charge < -0.3 is 20.4 Å². The molecule has 0 spiro atoms. The number of hydrogen-bond donors (Lipinski definition) is 2. The minimum Gasteiger partial charge on any atom is -0.324 e. The Bertz CT molecular complexity index is 866. The summed E-state index contributed by atoms with van der Waals surface area (Å²) in [6.07, 6.45) is 1.85. The number of carbonyl (C=O) groups excluding carboxylic acids is 2. The van der Waals surface area contributed by atoms with Gasteiger partial charge in [-0.2, -0.15) is 11.8 Å². The molecule has 0 bridgehead atoms. The molecule has 0 saturated carbocycles. The van der Waals surface area contributed by atoms with E-state index in [9.17, 15) is 9.59 Å². The average molecular weight is 441 g/mol. The molecule has 166 valence electrons. The van der Waals surface area contributed by atoms with E-state index in [-0.39, 0.29) is 18.5 Å². The maximum atomic E-state index is 12.5. The number of nitrogens with one attached hydrogen (secondary N) is 2. The highest BCUT2D eigenvalue weighted by atomic mass is 32.2. The zero-order chi connectivity index (χ0) is 22.1. The zero-order valence-corrected chi connectivity index (χ0v) is 19.2. The molecule has 1 saturated heterocycles. The lowest BCUT2D eigenvalue weighted by molar-refractivity contribution is -0.116. The summed E-state index contributed by atoms with van der Waals surface area (Å²) in [4.78, 5) is 28.7. The number of rotatable bonds is 8. The van der Waals surface area contributed by atoms with Gasteiger partial charge in [0, 0.05) is 49.6 Å². The SMILES string of the molecule is CCc1ccccc1NC(=O)CN(C)C(=O)Nc1ccc(CCN2CCSCC2)cc1. The van der Waals surface area contributed by atoms with Gasteiger partial charge in [0.05, 0.1) is 0 Å². The third-order valence-electron chi connectivity index (χ3n) is 5.43. The molecule has 0 unspecified atom stereocenters. The van der Waals surface area contributed by atoms with Gasteiger partial charge in [0.2, 0.25) is 5.91 Å². The number of amides is 3. The Balaban J connectivity index is 1.44. The van der Waals surface area contributed by atoms with Gasteiger partial charge in [-0.3, -0.25) is 4.79 Å². The minimum absolute atomic E-state index is 0.0178. The van der Waals surface area contributed by atoms with E-state index in [0.29, 0.717) is 0 Å². The molecular weight excluding hydrogens is 408 g/mol. The van der Waals surface area contributed by atoms with Crippen LogP contribution in [0.2, 0.25) is 0 Å². The lowest BCUT2D eigenvalue weighted by Crippen LogP contribution is -2.37. The van der Waals surface area contributed by atoms with Gasteiger partial charge in [-0.1, -0.05) is 37.3 Å². The molecule has 2 N–H and O–H groups in total. The lowest BCUT2D eigenvalue weighted by atomic mass is 10.1. The Morgan fingerprint density at radius 2 is 1.74 bits per heavy atom. The number of urea groups is 1. The molecule has 31 heavy (non-hydrogen) atoms. The van der Waals surface area contributed by atoms with Crippen molar-refractivity contribution in [2.45, 2.75) is 19.8 Å². The molecule has 6 nitrogen and oxygen atoms in total. The van der Waals surface area contributed by atoms with E-state index in [0.717, 1.165) is 36.3 Å². The van der Waals surface area contributed by atoms with E-state index in [1.54, 1.807) is 7.05 Å². The molecule has 2 aromatic rings. The fourth-order valence-corrected chi connectivity index (χ4v) is 4.49. The standard InChI is InChI=1S/C24H32N4O2S/c1-3-20-6-4-5-7-22(20)26-23(29)18-27(2)24(30)25-21-10-8-19(9-11-21)12-13-28-14-16-31-17-15-28/h4-11H,3,12-18H2,1-2H3,(H,25,30)(H,26,29). The first-order valence-corrected chi connectivity index (χ1v) is 12.0. The fourth-order valence-electron chi connectivity index (χ4n) is 3.51. The van der Waals surface area contributed by atoms with Crippen molar-refractivity contribution in [3.63, 3.8) is 0 Å². The second kappa shape index (κ2) is 11.8. The van der Waals surface area contributed by atoms with Crippen LogP contribution in [-0.2, 0) is 17.6 Å². The van der Waals surface area contributed by atoms with Gasteiger partial charge in [0.1, 0.15) is 6.54 Å². The smallest absolute Gasteiger partial charge is 0.322 e. The van der Waals surface area contributed by atoms with Gasteiger partial charge in [-0.25, -0.2) is 4.79 Å². The van der Waals surface area contributed by atoms with Crippen LogP contribution in [0.25, 0.3) is 0 Å². The van der Waals surface area contributed by atoms with Gasteiger partial charge in [0.25, 0.3) is 0 Å². The third kappa shape index (κ3) is 7.29. The van der Waals surface area contributed by atoms with Crippen molar-refractivity contribution >= 4 is 35.1 Å². The molecule has 1 aliphatic heterocycles. The van der Waals surface area contributed by atoms with E-state index in [1.807, 2.05) is 55.1 Å². The van der Waals surface area contributed by atoms with Crippen LogP contribution in [-0.4, -0.2) is 66.5 Å². The highest BCUT2D eigenvalue weighted by Crippen LogP contribution is 2.16. The first-order valence-electron chi connectivity index (χ1n) is 10.8. The van der Waals surface area contributed by atoms with Gasteiger partial charge in [-0.15, -0.1) is 0 Å². The highest BCUT2D eigenvalue weighted by molar-refractivity contribution is 7.99. The van der Waals surface area contributed by atoms with Crippen LogP contribution in [0, 0.1) is 0 Å². The normalized spacial score (nSPS) is 14.1. The summed E-state index contributed by atoms with van der Waals surface area (Å²) in [5.41, 5.74) is 3.86. The van der Waals surface area contributed by atoms with Crippen LogP contribution < -0.4 is 10.6 Å². The summed E-state index contributed by atoms with van der Waals surface area (Å²) in [6.45, 7) is 5.44. The van der Waals surface area contributed by atoms with E-state index in [2.05, 4.69) is 27.7 Å². The largest absolute Gasteiger partial charge is 0.324 e. The summed E-state index contributed by atoms with van der Waals surface area (Å²) < 4.78 is 0. The first kappa shape index (κ1) is 23.2. The van der Waals surface area contributed by atoms with E-state index >= 15 is 0 Å². The average Bonchev–Trinajstić information content (AvgIpc) is 2.79. The molecule has 1 fully saturated rings. The van der Waals surface area contributed by atoms with Gasteiger partial charge in [0.15, 0.2) is 0 Å². The Hall–Kier alpha value is -2.51. The number of aryl methyl sites for hydroxylation is 1. The molecular formula is C24H32N4O2S. The zero-order valence-electron chi connectivity index (χ0n) is 18.4. The van der Waals surface area contributed by atoms with Gasteiger partial charge in [-0.05, 0) is 42.2 Å². The van der Waals surface area contributed by atoms with Gasteiger partial charge >= 0.3 is 6.03 Å². The topological polar surface area (TPSA) is 64.7 Å². The molecule has 1 heterocycles. The predicted molar refractivity (Wildman–Crippen MR) is 130 cm³/mol. The summed E-state index contributed by atoms with van der Waals surface area (Å²) in [5, 5.41) is 5.75. The van der Waals surface area contributed by atoms with Crippen molar-refractivity contribution < 1.29 is 9.59 Å². The van der Waals surface area contributed by atoms with Crippen LogP contribution >= 0.6 is 11.8 Å². The number of likely N-dealkylation sites (N-methyl/N-ethyl adjacent to an activating group) is 1. The number of carbonyl (C=O) groups is 2. The summed E-state index contributed by atoms with van der Waals surface area (Å²) in [5.74, 6) is 2.23. The number of nitrogens with zero attached hydrogens (tertiary/aromatic N) is 2. The fraction of sp³-hybridized carbons (Fsp3) is 0.417. The minimum atomic E-state index is -0.308. The van der Waals surface area contributed by atoms with Crippen LogP contribution in [0.1, 0.15) is 18.1 Å². The van der Waals surface area contributed by atoms with Crippen molar-refractivity contribution in [2.24, 2.45) is 0 Å². The summed E-state index contributed by atoms with van der Waals surface area (Å²) >= 11 is 2.02. The predicted octanol–water partition coefficient (Wildman–Crippen LogP) is 3.94. The van der Waals surface area contributed by atoms with Crippen molar-refractivity contribution in [2.75, 3.05) is 55.4 Å². The van der Waals surface area contributed by atoms with E-state index < -0.39 is 0 Å². The lowest BCUT2D eigenvalue weighted by Gasteiger charge is -2.26. The number of hydrogen-bond acceptors (Lipinski definition) is 4. The highest BCUT2D eigenvalue weighted by Gasteiger charge is 2.14. The molecule has 0 aromatic heterocycles. The van der Waals surface area contributed by atoms with Crippen molar-refractivity contribution in [1.29, 1.82) is 0 Å². The van der Waals surface area contributed by atoms with Crippen LogP contribution in [0.5, 0.6) is 0 Å². The molecule has 2 aromatic carbocycles. The van der Waals surface area contributed by atoms with Crippen molar-refractivity contribution in [3.8, 4) is 0 Å². The maximum absolute atomic E-state index is 12.5. The Morgan fingerprint density at radius 3 is 2.45 bits per heavy atom. The Morgan fingerprint density at radius 1 is 1.03 bits per heavy atom. The van der Waals surface area contributed by atoms with Crippen molar-refractivity contribution in [3.05, 3.63) is 59.7 Å². The molecule has 0 aliphatic carbocycles. The molecule has 1 aliphatic rings. The quantitative estimate of drug-likeness (QED) is 0.653. The van der Waals surface area contributed by atoms with Crippen molar-refractivity contribution in [1.82, 2.24) is 9.80 Å². The summed E-state index contributed by atoms with van der Waals surface area (Å²) in [7, 11) is 1.62. The Labute approximate surface area is 189 Å². The Kier molecular flexibility index (Phi) is 8.79. The molecule has 3 rings (SSSR count). The molecule has 3 amide bonds. The second-order valence-corrected chi connectivity index (χ2v) is 8.97.